The van der Waals surface area contributed by atoms with Crippen LogP contribution in [0, 0.1) is 11.3 Å². The number of nitrogens with one attached hydrogen (secondary N) is 1. The van der Waals surface area contributed by atoms with Gasteiger partial charge < -0.3 is 10.1 Å². The Hall–Kier alpha value is -1.93. The molecule has 1 heterocycles. The van der Waals surface area contributed by atoms with E-state index < -0.39 is 17.4 Å². The molecule has 1 rings (SSSR count). The molecule has 0 aliphatic rings. The molecule has 0 saturated heterocycles. The first-order valence-electron chi connectivity index (χ1n) is 5.89. The maximum absolute atomic E-state index is 11.8. The van der Waals surface area contributed by atoms with Gasteiger partial charge in [0, 0.05) is 11.3 Å². The SMILES string of the molecule is CCCCc1[nH]c(=O)c(C#N)cc1C(=O)C(C)O. The average molecular weight is 248 g/mol. The Morgan fingerprint density at radius 2 is 2.28 bits per heavy atom. The Kier molecular flexibility index (Phi) is 4.81. The zero-order valence-corrected chi connectivity index (χ0v) is 10.5. The third kappa shape index (κ3) is 3.05. The number of hydrogen-bond donors (Lipinski definition) is 2. The van der Waals surface area contributed by atoms with Crippen molar-refractivity contribution in [2.45, 2.75) is 39.2 Å². The molecule has 18 heavy (non-hydrogen) atoms. The molecule has 1 atom stereocenters. The predicted molar refractivity (Wildman–Crippen MR) is 66.4 cm³/mol. The van der Waals surface area contributed by atoms with Crippen molar-refractivity contribution < 1.29 is 9.90 Å². The lowest BCUT2D eigenvalue weighted by Gasteiger charge is -2.10. The van der Waals surface area contributed by atoms with E-state index in [2.05, 4.69) is 4.98 Å². The van der Waals surface area contributed by atoms with Gasteiger partial charge in [-0.05, 0) is 25.8 Å². The summed E-state index contributed by atoms with van der Waals surface area (Å²) in [5.74, 6) is -0.478. The fourth-order valence-electron chi connectivity index (χ4n) is 1.65. The lowest BCUT2D eigenvalue weighted by Crippen LogP contribution is -2.23. The van der Waals surface area contributed by atoms with Crippen LogP contribution in [0.15, 0.2) is 10.9 Å². The number of rotatable bonds is 5. The number of carbonyl (C=O) groups is 1. The van der Waals surface area contributed by atoms with Gasteiger partial charge in [0.2, 0.25) is 0 Å². The van der Waals surface area contributed by atoms with E-state index in [1.165, 1.54) is 13.0 Å². The lowest BCUT2D eigenvalue weighted by molar-refractivity contribution is 0.0778. The number of aliphatic hydroxyl groups excluding tert-OH is 1. The molecule has 0 aliphatic heterocycles. The van der Waals surface area contributed by atoms with Gasteiger partial charge in [0.05, 0.1) is 0 Å². The number of aryl methyl sites for hydroxylation is 1. The van der Waals surface area contributed by atoms with Crippen LogP contribution in [0.2, 0.25) is 0 Å². The molecule has 2 N–H and O–H groups in total. The molecule has 0 bridgehead atoms. The highest BCUT2D eigenvalue weighted by molar-refractivity contribution is 6.00. The Balaban J connectivity index is 3.31. The summed E-state index contributed by atoms with van der Waals surface area (Å²) in [7, 11) is 0. The van der Waals surface area contributed by atoms with Crippen LogP contribution < -0.4 is 5.56 Å². The van der Waals surface area contributed by atoms with E-state index in [-0.39, 0.29) is 11.1 Å². The Bertz CT molecular complexity index is 538. The van der Waals surface area contributed by atoms with E-state index in [9.17, 15) is 14.7 Å². The fourth-order valence-corrected chi connectivity index (χ4v) is 1.65. The number of unbranched alkanes of at least 4 members (excludes halogenated alkanes) is 1. The van der Waals surface area contributed by atoms with Crippen molar-refractivity contribution in [1.82, 2.24) is 4.98 Å². The van der Waals surface area contributed by atoms with Gasteiger partial charge in [-0.1, -0.05) is 13.3 Å². The van der Waals surface area contributed by atoms with Gasteiger partial charge in [-0.25, -0.2) is 0 Å². The summed E-state index contributed by atoms with van der Waals surface area (Å²) < 4.78 is 0. The van der Waals surface area contributed by atoms with Gasteiger partial charge in [-0.3, -0.25) is 9.59 Å². The second-order valence-electron chi connectivity index (χ2n) is 4.16. The van der Waals surface area contributed by atoms with Gasteiger partial charge >= 0.3 is 0 Å². The number of hydrogen-bond acceptors (Lipinski definition) is 4. The third-order valence-corrected chi connectivity index (χ3v) is 2.67. The van der Waals surface area contributed by atoms with Crippen molar-refractivity contribution in [3.63, 3.8) is 0 Å². The highest BCUT2D eigenvalue weighted by Crippen LogP contribution is 2.12. The molecule has 0 saturated carbocycles. The normalized spacial score (nSPS) is 11.9. The fraction of sp³-hybridized carbons (Fsp3) is 0.462. The molecule has 0 spiro atoms. The quantitative estimate of drug-likeness (QED) is 0.764. The lowest BCUT2D eigenvalue weighted by atomic mass is 10.0. The number of aromatic amines is 1. The van der Waals surface area contributed by atoms with Crippen molar-refractivity contribution in [2.24, 2.45) is 0 Å². The minimum absolute atomic E-state index is 0.112. The van der Waals surface area contributed by atoms with Crippen LogP contribution in [-0.4, -0.2) is 22.0 Å². The molecule has 0 amide bonds. The number of ketones is 1. The molecule has 0 radical (unpaired) electrons. The summed E-state index contributed by atoms with van der Waals surface area (Å²) in [5.41, 5.74) is 0.117. The van der Waals surface area contributed by atoms with Gasteiger partial charge in [-0.15, -0.1) is 0 Å². The second-order valence-corrected chi connectivity index (χ2v) is 4.16. The first kappa shape index (κ1) is 14.1. The second kappa shape index (κ2) is 6.12. The van der Waals surface area contributed by atoms with Crippen LogP contribution >= 0.6 is 0 Å². The van der Waals surface area contributed by atoms with Crippen LogP contribution in [0.3, 0.4) is 0 Å². The van der Waals surface area contributed by atoms with Crippen molar-refractivity contribution in [2.75, 3.05) is 0 Å². The van der Waals surface area contributed by atoms with Gasteiger partial charge in [0.25, 0.3) is 5.56 Å². The van der Waals surface area contributed by atoms with E-state index in [1.807, 2.05) is 6.92 Å². The molecule has 5 nitrogen and oxygen atoms in total. The zero-order valence-electron chi connectivity index (χ0n) is 10.5. The molecule has 0 aromatic carbocycles. The summed E-state index contributed by atoms with van der Waals surface area (Å²) in [6.07, 6.45) is 1.14. The minimum Gasteiger partial charge on any atom is -0.385 e. The molecule has 5 heteroatoms. The molecular formula is C13H16N2O3. The summed E-state index contributed by atoms with van der Waals surface area (Å²) >= 11 is 0. The Labute approximate surface area is 105 Å². The smallest absolute Gasteiger partial charge is 0.266 e. The van der Waals surface area contributed by atoms with Crippen LogP contribution in [0.1, 0.15) is 48.3 Å². The number of aromatic nitrogens is 1. The Morgan fingerprint density at radius 3 is 2.78 bits per heavy atom. The third-order valence-electron chi connectivity index (χ3n) is 2.67. The highest BCUT2D eigenvalue weighted by atomic mass is 16.3. The summed E-state index contributed by atoms with van der Waals surface area (Å²) in [5, 5.41) is 18.1. The van der Waals surface area contributed by atoms with Gasteiger partial charge in [-0.2, -0.15) is 5.26 Å². The number of nitriles is 1. The minimum atomic E-state index is -1.15. The van der Waals surface area contributed by atoms with E-state index in [0.717, 1.165) is 12.8 Å². The topological polar surface area (TPSA) is 94.0 Å². The van der Waals surface area contributed by atoms with Gasteiger partial charge in [0.15, 0.2) is 5.78 Å². The maximum Gasteiger partial charge on any atom is 0.266 e. The van der Waals surface area contributed by atoms with Crippen molar-refractivity contribution in [3.8, 4) is 6.07 Å². The van der Waals surface area contributed by atoms with Crippen molar-refractivity contribution in [1.29, 1.82) is 5.26 Å². The van der Waals surface area contributed by atoms with Crippen LogP contribution in [0.4, 0.5) is 0 Å². The summed E-state index contributed by atoms with van der Waals surface area (Å²) in [4.78, 5) is 25.9. The van der Waals surface area contributed by atoms with Crippen LogP contribution in [0.5, 0.6) is 0 Å². The van der Waals surface area contributed by atoms with E-state index in [1.54, 1.807) is 6.07 Å². The number of aliphatic hydroxyl groups is 1. The molecular weight excluding hydrogens is 232 g/mol. The van der Waals surface area contributed by atoms with Crippen LogP contribution in [-0.2, 0) is 6.42 Å². The number of Topliss-reactive ketones (excluding diaryl/α,β-unsaturated/α-hetero) is 1. The van der Waals surface area contributed by atoms with Crippen molar-refractivity contribution in [3.05, 3.63) is 33.2 Å². The number of nitrogens with zero attached hydrogens (tertiary/aromatic N) is 1. The molecule has 96 valence electrons. The number of pyridine rings is 1. The zero-order chi connectivity index (χ0) is 13.7. The first-order chi connectivity index (χ1) is 8.51. The predicted octanol–water partition coefficient (Wildman–Crippen LogP) is 1.15. The molecule has 1 aromatic heterocycles. The average Bonchev–Trinajstić information content (AvgIpc) is 2.35. The number of carbonyl (C=O) groups excluding carboxylic acids is 1. The van der Waals surface area contributed by atoms with Crippen molar-refractivity contribution >= 4 is 5.78 Å². The summed E-state index contributed by atoms with van der Waals surface area (Å²) in [6.45, 7) is 3.36. The Morgan fingerprint density at radius 1 is 1.61 bits per heavy atom. The number of H-pyrrole nitrogens is 1. The molecule has 0 aliphatic carbocycles. The largest absolute Gasteiger partial charge is 0.385 e. The first-order valence-corrected chi connectivity index (χ1v) is 5.89. The van der Waals surface area contributed by atoms with E-state index in [0.29, 0.717) is 12.1 Å². The summed E-state index contributed by atoms with van der Waals surface area (Å²) in [6, 6.07) is 3.00. The standard InChI is InChI=1S/C13H16N2O3/c1-3-4-5-11-10(12(17)8(2)16)6-9(7-14)13(18)15-11/h6,8,16H,3-5H2,1-2H3,(H,15,18). The molecule has 0 fully saturated rings. The highest BCUT2D eigenvalue weighted by Gasteiger charge is 2.18. The van der Waals surface area contributed by atoms with E-state index in [4.69, 9.17) is 5.26 Å². The molecule has 1 unspecified atom stereocenters. The van der Waals surface area contributed by atoms with Gasteiger partial charge in [0.1, 0.15) is 17.7 Å². The van der Waals surface area contributed by atoms with E-state index >= 15 is 0 Å². The maximum atomic E-state index is 11.8. The van der Waals surface area contributed by atoms with Crippen LogP contribution in [0.25, 0.3) is 0 Å². The monoisotopic (exact) mass is 248 g/mol. The molecule has 1 aromatic rings.